The van der Waals surface area contributed by atoms with Crippen LogP contribution in [0.1, 0.15) is 13.8 Å². The number of carbonyl (C=O) groups is 2. The summed E-state index contributed by atoms with van der Waals surface area (Å²) in [5, 5.41) is 21.9. The molecule has 0 unspecified atom stereocenters. The highest BCUT2D eigenvalue weighted by molar-refractivity contribution is 8.35. The third kappa shape index (κ3) is 4.17. The van der Waals surface area contributed by atoms with Gasteiger partial charge in [0, 0.05) is 7.05 Å². The van der Waals surface area contributed by atoms with Crippen molar-refractivity contribution in [3.8, 4) is 12.1 Å². The molecule has 1 saturated heterocycles. The minimum atomic E-state index is -0.960. The normalized spacial score (nSPS) is 17.5. The molecule has 2 amide bonds. The van der Waals surface area contributed by atoms with Crippen molar-refractivity contribution in [2.24, 2.45) is 5.16 Å². The average Bonchev–Trinajstić information content (AvgIpc) is 2.79. The Bertz CT molecular complexity index is 630. The molecule has 0 radical (unpaired) electrons. The fraction of sp³-hybridized carbons (Fsp3) is 0.417. The summed E-state index contributed by atoms with van der Waals surface area (Å²) in [5.41, 5.74) is -0.0194. The molecule has 0 aromatic carbocycles. The van der Waals surface area contributed by atoms with Crippen LogP contribution in [0.5, 0.6) is 0 Å². The molecule has 0 bridgehead atoms. The number of rotatable bonds is 2. The molecule has 22 heavy (non-hydrogen) atoms. The Morgan fingerprint density at radius 1 is 1.41 bits per heavy atom. The molecular weight excluding hydrogens is 348 g/mol. The molecule has 0 aromatic rings. The fourth-order valence-corrected chi connectivity index (χ4v) is 4.12. The standard InChI is InChI=1S/C12H11ClN4O3S2/c1-12(2)10(21-9(22-12)7(5-14)6-15)16-20-11(19)17(3)8(18)4-13/h4H2,1-3H3. The Balaban J connectivity index is 2.92. The van der Waals surface area contributed by atoms with Crippen LogP contribution in [0.3, 0.4) is 0 Å². The van der Waals surface area contributed by atoms with Crippen LogP contribution < -0.4 is 0 Å². The van der Waals surface area contributed by atoms with Crippen LogP contribution in [0.25, 0.3) is 0 Å². The maximum atomic E-state index is 11.6. The van der Waals surface area contributed by atoms with E-state index in [4.69, 9.17) is 27.0 Å². The van der Waals surface area contributed by atoms with Crippen molar-refractivity contribution in [2.45, 2.75) is 18.6 Å². The Morgan fingerprint density at radius 3 is 2.50 bits per heavy atom. The number of hydrogen-bond donors (Lipinski definition) is 0. The summed E-state index contributed by atoms with van der Waals surface area (Å²) in [6.45, 7) is 3.62. The lowest BCUT2D eigenvalue weighted by Gasteiger charge is -2.15. The number of amides is 2. The van der Waals surface area contributed by atoms with Gasteiger partial charge in [-0.05, 0) is 13.8 Å². The average molecular weight is 359 g/mol. The number of carbonyl (C=O) groups excluding carboxylic acids is 2. The molecule has 1 heterocycles. The zero-order valence-corrected chi connectivity index (χ0v) is 14.3. The number of hydrogen-bond acceptors (Lipinski definition) is 8. The smallest absolute Gasteiger partial charge is 0.297 e. The van der Waals surface area contributed by atoms with Gasteiger partial charge in [0.15, 0.2) is 0 Å². The lowest BCUT2D eigenvalue weighted by Crippen LogP contribution is -2.34. The number of allylic oxidation sites excluding steroid dienone is 1. The Kier molecular flexibility index (Phi) is 6.30. The van der Waals surface area contributed by atoms with Crippen LogP contribution in [0.2, 0.25) is 0 Å². The topological polar surface area (TPSA) is 107 Å². The third-order valence-electron chi connectivity index (χ3n) is 2.45. The van der Waals surface area contributed by atoms with Gasteiger partial charge in [0.25, 0.3) is 0 Å². The van der Waals surface area contributed by atoms with E-state index < -0.39 is 16.7 Å². The summed E-state index contributed by atoms with van der Waals surface area (Å²) >= 11 is 7.70. The molecule has 1 rings (SSSR count). The summed E-state index contributed by atoms with van der Waals surface area (Å²) in [5.74, 6) is -0.963. The SMILES string of the molecule is CN(C(=O)CCl)C(=O)ON=C1SC(=C(C#N)C#N)SC1(C)C. The molecule has 0 spiro atoms. The van der Waals surface area contributed by atoms with E-state index in [1.807, 2.05) is 13.8 Å². The molecule has 7 nitrogen and oxygen atoms in total. The Morgan fingerprint density at radius 2 is 2.00 bits per heavy atom. The monoisotopic (exact) mass is 358 g/mol. The van der Waals surface area contributed by atoms with Crippen LogP contribution in [-0.2, 0) is 9.63 Å². The van der Waals surface area contributed by atoms with Gasteiger partial charge in [-0.15, -0.1) is 23.4 Å². The second-order valence-electron chi connectivity index (χ2n) is 4.44. The molecule has 0 aliphatic carbocycles. The Hall–Kier alpha value is -1.68. The zero-order valence-electron chi connectivity index (χ0n) is 11.9. The van der Waals surface area contributed by atoms with Gasteiger partial charge < -0.3 is 0 Å². The van der Waals surface area contributed by atoms with Crippen molar-refractivity contribution in [1.29, 1.82) is 10.5 Å². The number of halogens is 1. The van der Waals surface area contributed by atoms with Crippen molar-refractivity contribution < 1.29 is 14.4 Å². The first kappa shape index (κ1) is 18.4. The van der Waals surface area contributed by atoms with Crippen LogP contribution in [-0.4, -0.2) is 39.6 Å². The van der Waals surface area contributed by atoms with Crippen LogP contribution in [0.4, 0.5) is 4.79 Å². The largest absolute Gasteiger partial charge is 0.442 e. The van der Waals surface area contributed by atoms with Gasteiger partial charge in [-0.3, -0.25) is 9.63 Å². The van der Waals surface area contributed by atoms with Gasteiger partial charge in [-0.1, -0.05) is 16.9 Å². The first-order valence-corrected chi connectivity index (χ1v) is 7.97. The summed E-state index contributed by atoms with van der Waals surface area (Å²) < 4.78 is -0.0659. The van der Waals surface area contributed by atoms with Gasteiger partial charge in [0.05, 0.1) is 8.98 Å². The van der Waals surface area contributed by atoms with Crippen LogP contribution in [0.15, 0.2) is 15.0 Å². The minimum Gasteiger partial charge on any atom is -0.297 e. The molecule has 1 aliphatic rings. The maximum absolute atomic E-state index is 11.6. The second-order valence-corrected chi connectivity index (χ2v) is 7.60. The van der Waals surface area contributed by atoms with Gasteiger partial charge in [-0.25, -0.2) is 9.69 Å². The first-order valence-electron chi connectivity index (χ1n) is 5.80. The molecular formula is C12H11ClN4O3S2. The van der Waals surface area contributed by atoms with Crippen molar-refractivity contribution in [3.63, 3.8) is 0 Å². The molecule has 10 heteroatoms. The van der Waals surface area contributed by atoms with Crippen molar-refractivity contribution in [3.05, 3.63) is 9.81 Å². The highest BCUT2D eigenvalue weighted by Crippen LogP contribution is 2.51. The lowest BCUT2D eigenvalue weighted by molar-refractivity contribution is -0.125. The number of alkyl halides is 1. The third-order valence-corrected chi connectivity index (χ3v) is 5.57. The van der Waals surface area contributed by atoms with E-state index in [1.165, 1.54) is 18.8 Å². The molecule has 1 aliphatic heterocycles. The minimum absolute atomic E-state index is 0.0194. The number of oxime groups is 1. The number of thioether (sulfide) groups is 2. The van der Waals surface area contributed by atoms with E-state index in [1.54, 1.807) is 12.1 Å². The number of nitriles is 2. The highest BCUT2D eigenvalue weighted by atomic mass is 35.5. The predicted molar refractivity (Wildman–Crippen MR) is 84.9 cm³/mol. The number of nitrogens with zero attached hydrogens (tertiary/aromatic N) is 4. The Labute approximate surface area is 140 Å². The molecule has 0 aromatic heterocycles. The van der Waals surface area contributed by atoms with Gasteiger partial charge in [0.1, 0.15) is 28.6 Å². The predicted octanol–water partition coefficient (Wildman–Crippen LogP) is 2.65. The maximum Gasteiger partial charge on any atom is 0.442 e. The number of imide groups is 1. The lowest BCUT2D eigenvalue weighted by atomic mass is 10.2. The van der Waals surface area contributed by atoms with Crippen LogP contribution in [0, 0.1) is 22.7 Å². The van der Waals surface area contributed by atoms with E-state index in [-0.39, 0.29) is 11.5 Å². The zero-order chi connectivity index (χ0) is 16.9. The van der Waals surface area contributed by atoms with E-state index in [2.05, 4.69) is 5.16 Å². The van der Waals surface area contributed by atoms with E-state index >= 15 is 0 Å². The van der Waals surface area contributed by atoms with E-state index in [0.717, 1.165) is 11.8 Å². The van der Waals surface area contributed by atoms with Crippen molar-refractivity contribution in [1.82, 2.24) is 4.90 Å². The molecule has 0 atom stereocenters. The van der Waals surface area contributed by atoms with Crippen LogP contribution >= 0.6 is 35.1 Å². The fourth-order valence-electron chi connectivity index (χ4n) is 1.19. The highest BCUT2D eigenvalue weighted by Gasteiger charge is 2.39. The van der Waals surface area contributed by atoms with E-state index in [0.29, 0.717) is 14.2 Å². The molecule has 0 N–H and O–H groups in total. The summed E-state index contributed by atoms with van der Waals surface area (Å²) in [6, 6.07) is 3.61. The molecule has 0 saturated carbocycles. The summed E-state index contributed by atoms with van der Waals surface area (Å²) in [4.78, 5) is 28.3. The molecule has 116 valence electrons. The van der Waals surface area contributed by atoms with Gasteiger partial charge in [0.2, 0.25) is 5.91 Å². The van der Waals surface area contributed by atoms with Crippen molar-refractivity contribution in [2.75, 3.05) is 12.9 Å². The second kappa shape index (κ2) is 7.54. The van der Waals surface area contributed by atoms with Gasteiger partial charge >= 0.3 is 6.09 Å². The van der Waals surface area contributed by atoms with Crippen molar-refractivity contribution >= 4 is 52.2 Å². The van der Waals surface area contributed by atoms with Gasteiger partial charge in [-0.2, -0.15) is 10.5 Å². The first-order chi connectivity index (χ1) is 10.3. The van der Waals surface area contributed by atoms with E-state index in [9.17, 15) is 9.59 Å². The molecule has 1 fully saturated rings. The summed E-state index contributed by atoms with van der Waals surface area (Å²) in [7, 11) is 1.23. The quantitative estimate of drug-likeness (QED) is 0.323. The summed E-state index contributed by atoms with van der Waals surface area (Å²) in [6.07, 6.45) is -0.960.